The van der Waals surface area contributed by atoms with E-state index in [1.54, 1.807) is 13.0 Å². The summed E-state index contributed by atoms with van der Waals surface area (Å²) in [4.78, 5) is -0.0378. The second kappa shape index (κ2) is 11.2. The van der Waals surface area contributed by atoms with Crippen LogP contribution in [0.15, 0.2) is 41.3 Å². The number of nitrogens with one attached hydrogen (secondary N) is 1. The second-order valence-electron chi connectivity index (χ2n) is 7.87. The maximum absolute atomic E-state index is 13.9. The number of hydrogen-bond acceptors (Lipinski definition) is 6. The lowest BCUT2D eigenvalue weighted by Gasteiger charge is -2.49. The van der Waals surface area contributed by atoms with Crippen molar-refractivity contribution in [1.29, 1.82) is 5.26 Å². The van der Waals surface area contributed by atoms with Gasteiger partial charge in [-0.05, 0) is 37.3 Å². The van der Waals surface area contributed by atoms with Crippen LogP contribution in [-0.4, -0.2) is 56.7 Å². The van der Waals surface area contributed by atoms with Crippen molar-refractivity contribution in [2.45, 2.75) is 17.9 Å². The molecule has 2 aromatic rings. The Balaban J connectivity index is 0.00000385. The summed E-state index contributed by atoms with van der Waals surface area (Å²) in [5.41, 5.74) is -0.697. The van der Waals surface area contributed by atoms with E-state index in [1.165, 1.54) is 34.6 Å². The van der Waals surface area contributed by atoms with Crippen molar-refractivity contribution in [1.82, 2.24) is 9.62 Å². The van der Waals surface area contributed by atoms with E-state index >= 15 is 0 Å². The molecule has 1 heterocycles. The van der Waals surface area contributed by atoms with Crippen LogP contribution in [0.25, 0.3) is 0 Å². The van der Waals surface area contributed by atoms with E-state index in [2.05, 4.69) is 5.32 Å². The summed E-state index contributed by atoms with van der Waals surface area (Å²) in [6, 6.07) is 9.87. The monoisotopic (exact) mass is 537 g/mol. The van der Waals surface area contributed by atoms with Crippen molar-refractivity contribution in [2.75, 3.05) is 32.8 Å². The van der Waals surface area contributed by atoms with E-state index in [-0.39, 0.29) is 53.3 Å². The molecule has 0 spiro atoms. The highest BCUT2D eigenvalue weighted by Crippen LogP contribution is 2.37. The van der Waals surface area contributed by atoms with Gasteiger partial charge in [0.2, 0.25) is 10.0 Å². The van der Waals surface area contributed by atoms with Gasteiger partial charge in [-0.15, -0.1) is 12.4 Å². The zero-order valence-electron chi connectivity index (χ0n) is 17.6. The first kappa shape index (κ1) is 27.6. The van der Waals surface area contributed by atoms with Crippen LogP contribution in [0, 0.1) is 22.6 Å². The SMILES string of the molecule is CC(O)CNCC1(COc2ccc(C#N)c(F)c2)CN(S(=O)(=O)c2ccc(Cl)cc2Cl)C1.Cl. The summed E-state index contributed by atoms with van der Waals surface area (Å²) in [6.45, 7) is 2.71. The lowest BCUT2D eigenvalue weighted by atomic mass is 9.82. The third-order valence-corrected chi connectivity index (χ3v) is 7.59. The van der Waals surface area contributed by atoms with Gasteiger partial charge in [-0.3, -0.25) is 0 Å². The predicted octanol–water partition coefficient (Wildman–Crippen LogP) is 3.47. The molecule has 33 heavy (non-hydrogen) atoms. The molecule has 1 unspecified atom stereocenters. The largest absolute Gasteiger partial charge is 0.493 e. The van der Waals surface area contributed by atoms with Crippen LogP contribution in [0.5, 0.6) is 5.75 Å². The maximum atomic E-state index is 13.9. The van der Waals surface area contributed by atoms with Crippen molar-refractivity contribution in [3.05, 3.63) is 57.8 Å². The molecular formula is C21H23Cl3FN3O4S. The Morgan fingerprint density at radius 3 is 2.58 bits per heavy atom. The first-order chi connectivity index (χ1) is 15.1. The Morgan fingerprint density at radius 1 is 1.30 bits per heavy atom. The molecule has 3 rings (SSSR count). The average Bonchev–Trinajstić information content (AvgIpc) is 2.68. The van der Waals surface area contributed by atoms with Crippen molar-refractivity contribution in [2.24, 2.45) is 5.41 Å². The van der Waals surface area contributed by atoms with Gasteiger partial charge in [0.15, 0.2) is 0 Å². The molecule has 2 N–H and O–H groups in total. The van der Waals surface area contributed by atoms with Crippen LogP contribution in [0.4, 0.5) is 4.39 Å². The van der Waals surface area contributed by atoms with Crippen molar-refractivity contribution >= 4 is 45.6 Å². The first-order valence-corrected chi connectivity index (χ1v) is 11.9. The molecule has 1 aliphatic rings. The van der Waals surface area contributed by atoms with Gasteiger partial charge in [-0.1, -0.05) is 23.2 Å². The molecule has 180 valence electrons. The molecule has 0 aliphatic carbocycles. The van der Waals surface area contributed by atoms with Crippen LogP contribution in [0.2, 0.25) is 10.0 Å². The Hall–Kier alpha value is -1.64. The Labute approximate surface area is 208 Å². The number of halogens is 4. The molecule has 0 saturated carbocycles. The highest BCUT2D eigenvalue weighted by atomic mass is 35.5. The summed E-state index contributed by atoms with van der Waals surface area (Å²) < 4.78 is 47.0. The van der Waals surface area contributed by atoms with Crippen LogP contribution >= 0.6 is 35.6 Å². The summed E-state index contributed by atoms with van der Waals surface area (Å²) >= 11 is 12.0. The lowest BCUT2D eigenvalue weighted by Crippen LogP contribution is -2.64. The summed E-state index contributed by atoms with van der Waals surface area (Å²) in [5.74, 6) is -0.458. The number of ether oxygens (including phenoxy) is 1. The Kier molecular flexibility index (Phi) is 9.36. The minimum Gasteiger partial charge on any atom is -0.493 e. The quantitative estimate of drug-likeness (QED) is 0.507. The van der Waals surface area contributed by atoms with Crippen molar-refractivity contribution in [3.63, 3.8) is 0 Å². The summed E-state index contributed by atoms with van der Waals surface area (Å²) in [5, 5.41) is 21.8. The standard InChI is InChI=1S/C21H22Cl2FN3O4S.ClH/c1-14(28)9-26-10-21(13-31-17-4-2-15(8-25)19(24)7-17)11-27(12-21)32(29,30)20-5-3-16(22)6-18(20)23;/h2-7,14,26,28H,9-13H2,1H3;1H. The number of rotatable bonds is 9. The minimum absolute atomic E-state index is 0. The van der Waals surface area contributed by atoms with Crippen LogP contribution in [0.1, 0.15) is 12.5 Å². The van der Waals surface area contributed by atoms with E-state index < -0.39 is 27.4 Å². The second-order valence-corrected chi connectivity index (χ2v) is 10.6. The molecule has 1 fully saturated rings. The Morgan fingerprint density at radius 2 is 2.00 bits per heavy atom. The third-order valence-electron chi connectivity index (χ3n) is 5.08. The molecule has 2 aromatic carbocycles. The number of benzene rings is 2. The van der Waals surface area contributed by atoms with Gasteiger partial charge in [0.25, 0.3) is 0 Å². The molecule has 0 radical (unpaired) electrons. The van der Waals surface area contributed by atoms with Crippen molar-refractivity contribution in [3.8, 4) is 11.8 Å². The van der Waals surface area contributed by atoms with E-state index in [1.807, 2.05) is 0 Å². The number of aliphatic hydroxyl groups excluding tert-OH is 1. The molecule has 1 saturated heterocycles. The Bertz CT molecular complexity index is 1140. The van der Waals surface area contributed by atoms with Gasteiger partial charge < -0.3 is 15.2 Å². The molecule has 7 nitrogen and oxygen atoms in total. The number of nitriles is 1. The average molecular weight is 539 g/mol. The molecule has 1 atom stereocenters. The van der Waals surface area contributed by atoms with Gasteiger partial charge in [0, 0.05) is 42.7 Å². The minimum atomic E-state index is -3.85. The number of nitrogens with zero attached hydrogens (tertiary/aromatic N) is 2. The van der Waals surface area contributed by atoms with E-state index in [9.17, 15) is 17.9 Å². The fourth-order valence-electron chi connectivity index (χ4n) is 3.41. The fraction of sp³-hybridized carbons (Fsp3) is 0.381. The molecule has 0 aromatic heterocycles. The highest BCUT2D eigenvalue weighted by Gasteiger charge is 2.49. The lowest BCUT2D eigenvalue weighted by molar-refractivity contribution is 0.0172. The van der Waals surface area contributed by atoms with Crippen LogP contribution in [-0.2, 0) is 10.0 Å². The van der Waals surface area contributed by atoms with Gasteiger partial charge in [0.1, 0.15) is 22.5 Å². The third kappa shape index (κ3) is 6.49. The van der Waals surface area contributed by atoms with Gasteiger partial charge >= 0.3 is 0 Å². The smallest absolute Gasteiger partial charge is 0.244 e. The van der Waals surface area contributed by atoms with Crippen LogP contribution < -0.4 is 10.1 Å². The van der Waals surface area contributed by atoms with Crippen LogP contribution in [0.3, 0.4) is 0 Å². The van der Waals surface area contributed by atoms with Crippen molar-refractivity contribution < 1.29 is 22.7 Å². The molecule has 0 amide bonds. The molecular weight excluding hydrogens is 516 g/mol. The van der Waals surface area contributed by atoms with E-state index in [0.717, 1.165) is 6.07 Å². The number of sulfonamides is 1. The number of hydrogen-bond donors (Lipinski definition) is 2. The summed E-state index contributed by atoms with van der Waals surface area (Å²) in [6.07, 6.45) is -0.576. The summed E-state index contributed by atoms with van der Waals surface area (Å²) in [7, 11) is -3.85. The maximum Gasteiger partial charge on any atom is 0.244 e. The predicted molar refractivity (Wildman–Crippen MR) is 126 cm³/mol. The van der Waals surface area contributed by atoms with E-state index in [4.69, 9.17) is 33.2 Å². The zero-order valence-corrected chi connectivity index (χ0v) is 20.7. The molecule has 1 aliphatic heterocycles. The van der Waals surface area contributed by atoms with Gasteiger partial charge in [-0.2, -0.15) is 9.57 Å². The van der Waals surface area contributed by atoms with Gasteiger partial charge in [0.05, 0.1) is 23.3 Å². The van der Waals surface area contributed by atoms with E-state index in [0.29, 0.717) is 18.1 Å². The highest BCUT2D eigenvalue weighted by molar-refractivity contribution is 7.89. The normalized spacial score (nSPS) is 16.2. The molecule has 12 heteroatoms. The molecule has 0 bridgehead atoms. The zero-order chi connectivity index (χ0) is 23.5. The van der Waals surface area contributed by atoms with Gasteiger partial charge in [-0.25, -0.2) is 12.8 Å². The first-order valence-electron chi connectivity index (χ1n) is 9.73. The fourth-order valence-corrected chi connectivity index (χ4v) is 5.82. The number of aliphatic hydroxyl groups is 1. The topological polar surface area (TPSA) is 103 Å².